The Morgan fingerprint density at radius 1 is 1.42 bits per heavy atom. The Morgan fingerprint density at radius 3 is 2.68 bits per heavy atom. The molecule has 0 bridgehead atoms. The van der Waals surface area contributed by atoms with Crippen molar-refractivity contribution in [3.8, 4) is 0 Å². The van der Waals surface area contributed by atoms with Crippen LogP contribution in [0.5, 0.6) is 0 Å². The van der Waals surface area contributed by atoms with Crippen molar-refractivity contribution in [2.24, 2.45) is 11.7 Å². The van der Waals surface area contributed by atoms with Crippen LogP contribution < -0.4 is 5.73 Å². The maximum Gasteiger partial charge on any atom is 0.240 e. The molecule has 0 saturated carbocycles. The summed E-state index contributed by atoms with van der Waals surface area (Å²) in [6.45, 7) is 7.17. The van der Waals surface area contributed by atoms with Crippen LogP contribution in [-0.2, 0) is 13.0 Å². The highest BCUT2D eigenvalue weighted by molar-refractivity contribution is 5.85. The Bertz CT molecular complexity index is 361. The Hall–Kier alpha value is -0.650. The van der Waals surface area contributed by atoms with E-state index >= 15 is 0 Å². The first-order valence-electron chi connectivity index (χ1n) is 6.98. The summed E-state index contributed by atoms with van der Waals surface area (Å²) in [4.78, 5) is 6.78. The highest BCUT2D eigenvalue weighted by atomic mass is 35.5. The molecule has 5 nitrogen and oxygen atoms in total. The van der Waals surface area contributed by atoms with Crippen molar-refractivity contribution >= 4 is 12.4 Å². The van der Waals surface area contributed by atoms with E-state index in [1.165, 1.54) is 12.8 Å². The van der Waals surface area contributed by atoms with Gasteiger partial charge in [0.05, 0.1) is 6.54 Å². The molecule has 2 rings (SSSR count). The number of hydrogen-bond acceptors (Lipinski definition) is 5. The van der Waals surface area contributed by atoms with Gasteiger partial charge in [-0.15, -0.1) is 12.4 Å². The van der Waals surface area contributed by atoms with Gasteiger partial charge in [-0.1, -0.05) is 12.1 Å². The van der Waals surface area contributed by atoms with Crippen molar-refractivity contribution in [3.05, 3.63) is 11.7 Å². The van der Waals surface area contributed by atoms with Gasteiger partial charge in [0.15, 0.2) is 5.82 Å². The monoisotopic (exact) mass is 288 g/mol. The van der Waals surface area contributed by atoms with Gasteiger partial charge in [0.1, 0.15) is 0 Å². The molecular formula is C13H25ClN4O. The van der Waals surface area contributed by atoms with Gasteiger partial charge >= 0.3 is 0 Å². The van der Waals surface area contributed by atoms with Crippen LogP contribution in [0.25, 0.3) is 0 Å². The van der Waals surface area contributed by atoms with Crippen molar-refractivity contribution in [1.29, 1.82) is 0 Å². The summed E-state index contributed by atoms with van der Waals surface area (Å²) < 4.78 is 5.27. The van der Waals surface area contributed by atoms with Gasteiger partial charge in [-0.3, -0.25) is 4.90 Å². The Morgan fingerprint density at radius 2 is 2.11 bits per heavy atom. The van der Waals surface area contributed by atoms with Crippen molar-refractivity contribution < 1.29 is 4.52 Å². The first-order chi connectivity index (χ1) is 8.69. The highest BCUT2D eigenvalue weighted by Gasteiger charge is 2.22. The van der Waals surface area contributed by atoms with E-state index in [1.807, 2.05) is 0 Å². The van der Waals surface area contributed by atoms with Crippen LogP contribution in [0.2, 0.25) is 0 Å². The van der Waals surface area contributed by atoms with E-state index in [9.17, 15) is 0 Å². The molecule has 1 saturated heterocycles. The maximum atomic E-state index is 5.94. The number of piperidine rings is 1. The van der Waals surface area contributed by atoms with Crippen LogP contribution in [0.15, 0.2) is 4.52 Å². The van der Waals surface area contributed by atoms with E-state index in [-0.39, 0.29) is 12.4 Å². The molecule has 0 amide bonds. The zero-order valence-corrected chi connectivity index (χ0v) is 12.7. The van der Waals surface area contributed by atoms with Gasteiger partial charge in [0.25, 0.3) is 0 Å². The van der Waals surface area contributed by atoms with Crippen LogP contribution in [0.4, 0.5) is 0 Å². The molecule has 0 radical (unpaired) electrons. The Kier molecular flexibility index (Phi) is 6.75. The summed E-state index contributed by atoms with van der Waals surface area (Å²) in [7, 11) is 0. The summed E-state index contributed by atoms with van der Waals surface area (Å²) in [5.41, 5.74) is 5.94. The molecule has 1 aliphatic rings. The third kappa shape index (κ3) is 4.75. The lowest BCUT2D eigenvalue weighted by Crippen LogP contribution is -2.39. The minimum atomic E-state index is 0. The number of halogens is 1. The van der Waals surface area contributed by atoms with E-state index in [0.717, 1.165) is 44.2 Å². The highest BCUT2D eigenvalue weighted by Crippen LogP contribution is 2.20. The zero-order valence-electron chi connectivity index (χ0n) is 11.8. The smallest absolute Gasteiger partial charge is 0.240 e. The summed E-state index contributed by atoms with van der Waals surface area (Å²) in [5.74, 6) is 2.25. The number of nitrogens with zero attached hydrogens (tertiary/aromatic N) is 3. The topological polar surface area (TPSA) is 68.2 Å². The molecule has 1 atom stereocenters. The molecule has 1 aliphatic heterocycles. The van der Waals surface area contributed by atoms with E-state index in [1.54, 1.807) is 0 Å². The van der Waals surface area contributed by atoms with Gasteiger partial charge in [0.2, 0.25) is 5.89 Å². The third-order valence-electron chi connectivity index (χ3n) is 3.72. The maximum absolute atomic E-state index is 5.94. The number of likely N-dealkylation sites (tertiary alicyclic amines) is 1. The second-order valence-corrected chi connectivity index (χ2v) is 5.33. The predicted molar refractivity (Wildman–Crippen MR) is 77.2 cm³/mol. The fraction of sp³-hybridized carbons (Fsp3) is 0.846. The molecule has 1 fully saturated rings. The third-order valence-corrected chi connectivity index (χ3v) is 3.72. The summed E-state index contributed by atoms with van der Waals surface area (Å²) >= 11 is 0. The standard InChI is InChI=1S/C13H24N4O.ClH/c1-3-4-12-15-13(18-16-12)9-17-7-5-11(6-8-17)10(2)14;/h10-11H,3-9,14H2,1-2H3;1H. The lowest BCUT2D eigenvalue weighted by Gasteiger charge is -2.32. The second-order valence-electron chi connectivity index (χ2n) is 5.33. The molecule has 0 aromatic carbocycles. The molecule has 1 unspecified atom stereocenters. The molecule has 19 heavy (non-hydrogen) atoms. The molecule has 1 aromatic rings. The average molecular weight is 289 g/mol. The minimum absolute atomic E-state index is 0. The second kappa shape index (κ2) is 7.82. The van der Waals surface area contributed by atoms with E-state index in [0.29, 0.717) is 12.0 Å². The summed E-state index contributed by atoms with van der Waals surface area (Å²) in [5, 5.41) is 3.98. The lowest BCUT2D eigenvalue weighted by atomic mass is 9.91. The molecule has 1 aromatic heterocycles. The van der Waals surface area contributed by atoms with Gasteiger partial charge in [-0.25, -0.2) is 0 Å². The first-order valence-corrected chi connectivity index (χ1v) is 6.98. The number of rotatable bonds is 5. The molecule has 0 spiro atoms. The molecule has 0 aliphatic carbocycles. The number of aryl methyl sites for hydroxylation is 1. The van der Waals surface area contributed by atoms with E-state index in [4.69, 9.17) is 10.3 Å². The van der Waals surface area contributed by atoms with Crippen LogP contribution in [0, 0.1) is 5.92 Å². The van der Waals surface area contributed by atoms with Crippen molar-refractivity contribution in [2.75, 3.05) is 13.1 Å². The van der Waals surface area contributed by atoms with Crippen LogP contribution in [-0.4, -0.2) is 34.2 Å². The molecule has 2 N–H and O–H groups in total. The van der Waals surface area contributed by atoms with Crippen molar-refractivity contribution in [2.45, 2.75) is 52.1 Å². The first kappa shape index (κ1) is 16.4. The van der Waals surface area contributed by atoms with Crippen LogP contribution in [0.3, 0.4) is 0 Å². The van der Waals surface area contributed by atoms with Gasteiger partial charge in [-0.05, 0) is 45.2 Å². The van der Waals surface area contributed by atoms with E-state index < -0.39 is 0 Å². The number of hydrogen-bond donors (Lipinski definition) is 1. The van der Waals surface area contributed by atoms with Gasteiger partial charge in [-0.2, -0.15) is 4.98 Å². The largest absolute Gasteiger partial charge is 0.338 e. The fourth-order valence-electron chi connectivity index (χ4n) is 2.51. The minimum Gasteiger partial charge on any atom is -0.338 e. The Labute approximate surface area is 121 Å². The zero-order chi connectivity index (χ0) is 13.0. The van der Waals surface area contributed by atoms with Crippen LogP contribution >= 0.6 is 12.4 Å². The molecule has 6 heteroatoms. The summed E-state index contributed by atoms with van der Waals surface area (Å²) in [6.07, 6.45) is 4.30. The van der Waals surface area contributed by atoms with Gasteiger partial charge in [0, 0.05) is 12.5 Å². The van der Waals surface area contributed by atoms with Crippen LogP contribution in [0.1, 0.15) is 44.8 Å². The lowest BCUT2D eigenvalue weighted by molar-refractivity contribution is 0.150. The van der Waals surface area contributed by atoms with Crippen molar-refractivity contribution in [1.82, 2.24) is 15.0 Å². The van der Waals surface area contributed by atoms with Crippen molar-refractivity contribution in [3.63, 3.8) is 0 Å². The number of nitrogens with two attached hydrogens (primary N) is 1. The fourth-order valence-corrected chi connectivity index (χ4v) is 2.51. The molecular weight excluding hydrogens is 264 g/mol. The molecule has 110 valence electrons. The van der Waals surface area contributed by atoms with Gasteiger partial charge < -0.3 is 10.3 Å². The average Bonchev–Trinajstić information content (AvgIpc) is 2.78. The normalized spacial score (nSPS) is 19.1. The predicted octanol–water partition coefficient (Wildman–Crippen LogP) is 2.00. The number of aromatic nitrogens is 2. The SMILES string of the molecule is CCCc1noc(CN2CCC(C(C)N)CC2)n1.Cl. The quantitative estimate of drug-likeness (QED) is 0.897. The summed E-state index contributed by atoms with van der Waals surface area (Å²) in [6, 6.07) is 0.312. The van der Waals surface area contributed by atoms with E-state index in [2.05, 4.69) is 28.9 Å². The molecule has 2 heterocycles. The Balaban J connectivity index is 0.00000180.